The van der Waals surface area contributed by atoms with Crippen LogP contribution in [0.2, 0.25) is 0 Å². The molecule has 0 bridgehead atoms. The molecule has 1 aliphatic heterocycles. The van der Waals surface area contributed by atoms with E-state index in [1.165, 1.54) is 5.56 Å². The summed E-state index contributed by atoms with van der Waals surface area (Å²) in [6.07, 6.45) is 14.0. The molecule has 1 N–H and O–H groups in total. The molecule has 41 heavy (non-hydrogen) atoms. The zero-order valence-electron chi connectivity index (χ0n) is 24.2. The largest absolute Gasteiger partial charge is 0.329 e. The van der Waals surface area contributed by atoms with Gasteiger partial charge in [-0.1, -0.05) is 85.8 Å². The van der Waals surface area contributed by atoms with Crippen LogP contribution < -0.4 is 5.32 Å². The summed E-state index contributed by atoms with van der Waals surface area (Å²) < 4.78 is 1.91. The number of amides is 1. The number of tetrazole rings is 1. The third-order valence-electron chi connectivity index (χ3n) is 7.70. The van der Waals surface area contributed by atoms with Crippen LogP contribution in [0.15, 0.2) is 90.2 Å². The predicted molar refractivity (Wildman–Crippen MR) is 163 cm³/mol. The van der Waals surface area contributed by atoms with E-state index in [1.54, 1.807) is 0 Å². The molecule has 0 radical (unpaired) electrons. The molecule has 2 heterocycles. The second-order valence-corrected chi connectivity index (χ2v) is 10.6. The summed E-state index contributed by atoms with van der Waals surface area (Å²) in [6, 6.07) is 16.5. The number of aromatic nitrogens is 4. The summed E-state index contributed by atoms with van der Waals surface area (Å²) in [6.45, 7) is 10.6. The molecular weight excluding hydrogens is 510 g/mol. The number of benzene rings is 2. The number of rotatable bonds is 9. The van der Waals surface area contributed by atoms with Crippen molar-refractivity contribution in [3.63, 3.8) is 0 Å². The van der Waals surface area contributed by atoms with Crippen LogP contribution in [0.25, 0.3) is 11.8 Å². The number of carbonyl (C=O) groups excluding carboxylic acids is 1. The van der Waals surface area contributed by atoms with Crippen molar-refractivity contribution in [1.29, 1.82) is 0 Å². The Balaban J connectivity index is 1.42. The van der Waals surface area contributed by atoms with Gasteiger partial charge in [-0.3, -0.25) is 14.6 Å². The molecule has 1 aliphatic carbocycles. The molecule has 8 nitrogen and oxygen atoms in total. The molecule has 1 atom stereocenters. The van der Waals surface area contributed by atoms with E-state index < -0.39 is 0 Å². The topological polar surface area (TPSA) is 79.2 Å². The highest BCUT2D eigenvalue weighted by atomic mass is 16.1. The number of hydrogen-bond donors (Lipinski definition) is 1. The summed E-state index contributed by atoms with van der Waals surface area (Å²) in [7, 11) is 0. The minimum atomic E-state index is -0.139. The highest BCUT2D eigenvalue weighted by Gasteiger charge is 2.32. The minimum Gasteiger partial charge on any atom is -0.329 e. The molecule has 1 amide bonds. The van der Waals surface area contributed by atoms with Gasteiger partial charge in [-0.25, -0.2) is 0 Å². The Morgan fingerprint density at radius 2 is 1.76 bits per heavy atom. The highest BCUT2D eigenvalue weighted by Crippen LogP contribution is 2.32. The maximum absolute atomic E-state index is 12.0. The Bertz CT molecular complexity index is 1440. The van der Waals surface area contributed by atoms with E-state index in [-0.39, 0.29) is 11.9 Å². The Kier molecular flexibility index (Phi) is 9.33. The lowest BCUT2D eigenvalue weighted by atomic mass is 10.0. The Hall–Kier alpha value is -4.14. The van der Waals surface area contributed by atoms with Gasteiger partial charge < -0.3 is 5.32 Å². The number of nitrogens with zero attached hydrogens (tertiary/aromatic N) is 6. The van der Waals surface area contributed by atoms with E-state index in [9.17, 15) is 4.79 Å². The standard InChI is InChI=1S/C33H39N7O/c1-4-30(41)34-29-17-9-16-28(18-19-29)32(33-35-36-37-40(33)31-25(2)11-8-12-26(31)3)39-23-21-38(22-24-39)20-10-15-27-13-6-5-7-14-27/h5-16,18-19,32H,4,17,20-24H2,1-3H3,(H,34,41)/b15-10+/t32-/m1/s1. The molecule has 212 valence electrons. The molecule has 8 heteroatoms. The van der Waals surface area contributed by atoms with Crippen molar-refractivity contribution in [3.05, 3.63) is 113 Å². The van der Waals surface area contributed by atoms with Crippen molar-refractivity contribution in [2.24, 2.45) is 0 Å². The first-order valence-corrected chi connectivity index (χ1v) is 14.4. The van der Waals surface area contributed by atoms with Crippen LogP contribution in [0.4, 0.5) is 0 Å². The maximum Gasteiger partial charge on any atom is 0.223 e. The Morgan fingerprint density at radius 3 is 2.49 bits per heavy atom. The maximum atomic E-state index is 12.0. The number of nitrogens with one attached hydrogen (secondary N) is 1. The minimum absolute atomic E-state index is 0.0226. The van der Waals surface area contributed by atoms with Gasteiger partial charge in [-0.2, -0.15) is 4.68 Å². The molecule has 2 aliphatic rings. The fourth-order valence-corrected chi connectivity index (χ4v) is 5.48. The van der Waals surface area contributed by atoms with E-state index in [2.05, 4.69) is 117 Å². The first-order chi connectivity index (χ1) is 20.0. The van der Waals surface area contributed by atoms with Gasteiger partial charge in [-0.15, -0.1) is 5.10 Å². The molecular formula is C33H39N7O. The van der Waals surface area contributed by atoms with Crippen LogP contribution in [0.5, 0.6) is 0 Å². The summed E-state index contributed by atoms with van der Waals surface area (Å²) in [5, 5.41) is 16.3. The van der Waals surface area contributed by atoms with Crippen LogP contribution in [0.3, 0.4) is 0 Å². The lowest BCUT2D eigenvalue weighted by Crippen LogP contribution is -2.48. The third kappa shape index (κ3) is 6.96. The Morgan fingerprint density at radius 1 is 1.00 bits per heavy atom. The molecule has 1 saturated heterocycles. The van der Waals surface area contributed by atoms with Gasteiger partial charge in [0.25, 0.3) is 0 Å². The smallest absolute Gasteiger partial charge is 0.223 e. The van der Waals surface area contributed by atoms with Gasteiger partial charge in [0.1, 0.15) is 0 Å². The van der Waals surface area contributed by atoms with E-state index >= 15 is 0 Å². The summed E-state index contributed by atoms with van der Waals surface area (Å²) in [4.78, 5) is 17.0. The molecule has 5 rings (SSSR count). The van der Waals surface area contributed by atoms with Gasteiger partial charge in [0.05, 0.1) is 11.7 Å². The van der Waals surface area contributed by atoms with Crippen LogP contribution >= 0.6 is 0 Å². The third-order valence-corrected chi connectivity index (χ3v) is 7.70. The molecule has 0 saturated carbocycles. The predicted octanol–water partition coefficient (Wildman–Crippen LogP) is 4.95. The van der Waals surface area contributed by atoms with E-state index in [0.29, 0.717) is 12.8 Å². The van der Waals surface area contributed by atoms with Crippen molar-refractivity contribution < 1.29 is 4.79 Å². The highest BCUT2D eigenvalue weighted by molar-refractivity contribution is 5.77. The number of para-hydroxylation sites is 1. The van der Waals surface area contributed by atoms with Crippen LogP contribution in [0.1, 0.15) is 48.3 Å². The first kappa shape index (κ1) is 28.4. The summed E-state index contributed by atoms with van der Waals surface area (Å²) >= 11 is 0. The number of allylic oxidation sites excluding steroid dienone is 3. The van der Waals surface area contributed by atoms with Crippen molar-refractivity contribution >= 4 is 12.0 Å². The Labute approximate surface area is 242 Å². The zero-order chi connectivity index (χ0) is 28.6. The van der Waals surface area contributed by atoms with E-state index in [0.717, 1.165) is 66.6 Å². The van der Waals surface area contributed by atoms with Crippen LogP contribution in [0, 0.1) is 13.8 Å². The van der Waals surface area contributed by atoms with Gasteiger partial charge in [0.15, 0.2) is 5.82 Å². The lowest BCUT2D eigenvalue weighted by Gasteiger charge is -2.39. The van der Waals surface area contributed by atoms with Crippen molar-refractivity contribution in [1.82, 2.24) is 35.3 Å². The van der Waals surface area contributed by atoms with Crippen molar-refractivity contribution in [2.75, 3.05) is 32.7 Å². The van der Waals surface area contributed by atoms with Crippen molar-refractivity contribution in [3.8, 4) is 5.69 Å². The van der Waals surface area contributed by atoms with Crippen molar-refractivity contribution in [2.45, 2.75) is 39.7 Å². The normalized spacial score (nSPS) is 17.2. The molecule has 1 fully saturated rings. The second-order valence-electron chi connectivity index (χ2n) is 10.6. The average Bonchev–Trinajstić information content (AvgIpc) is 3.33. The average molecular weight is 550 g/mol. The summed E-state index contributed by atoms with van der Waals surface area (Å²) in [5.41, 5.74) is 6.49. The van der Waals surface area contributed by atoms with Gasteiger partial charge in [-0.05, 0) is 52.6 Å². The molecule has 2 aromatic carbocycles. The number of carbonyl (C=O) groups is 1. The molecule has 3 aromatic rings. The van der Waals surface area contributed by atoms with Crippen LogP contribution in [-0.2, 0) is 4.79 Å². The van der Waals surface area contributed by atoms with Crippen LogP contribution in [-0.4, -0.2) is 68.6 Å². The number of hydrogen-bond acceptors (Lipinski definition) is 6. The number of piperazine rings is 1. The lowest BCUT2D eigenvalue weighted by molar-refractivity contribution is -0.120. The van der Waals surface area contributed by atoms with E-state index in [1.807, 2.05) is 23.7 Å². The fraction of sp³-hybridized carbons (Fsp3) is 0.333. The zero-order valence-corrected chi connectivity index (χ0v) is 24.2. The van der Waals surface area contributed by atoms with Gasteiger partial charge >= 0.3 is 0 Å². The van der Waals surface area contributed by atoms with E-state index in [4.69, 9.17) is 0 Å². The molecule has 0 spiro atoms. The molecule has 1 aromatic heterocycles. The fourth-order valence-electron chi connectivity index (χ4n) is 5.48. The molecule has 0 unspecified atom stereocenters. The van der Waals surface area contributed by atoms with Gasteiger partial charge in [0.2, 0.25) is 5.91 Å². The first-order valence-electron chi connectivity index (χ1n) is 14.4. The quantitative estimate of drug-likeness (QED) is 0.407. The monoisotopic (exact) mass is 549 g/mol. The second kappa shape index (κ2) is 13.5. The summed E-state index contributed by atoms with van der Waals surface area (Å²) in [5.74, 6) is 0.819. The van der Waals surface area contributed by atoms with Gasteiger partial charge in [0, 0.05) is 51.3 Å². The number of aryl methyl sites for hydroxylation is 2. The SMILES string of the molecule is CCC(=O)NC1=CC=C([C@H](c2nnnn2-c2c(C)cccc2C)N2CCN(C/C=C/c3ccccc3)CC2)C=CC1.